The second-order valence-corrected chi connectivity index (χ2v) is 8.36. The van der Waals surface area contributed by atoms with E-state index < -0.39 is 0 Å². The normalized spacial score (nSPS) is 15.6. The molecule has 0 amide bonds. The average molecular weight is 425 g/mol. The number of likely N-dealkylation sites (tertiary alicyclic amines) is 1. The first-order valence-corrected chi connectivity index (χ1v) is 10.7. The fraction of sp³-hybridized carbons (Fsp3) is 0.429. The summed E-state index contributed by atoms with van der Waals surface area (Å²) in [6.07, 6.45) is 9.41. The highest BCUT2D eigenvalue weighted by Gasteiger charge is 2.17. The number of thiocarbonyl (C=S) groups is 1. The Labute approximate surface area is 181 Å². The summed E-state index contributed by atoms with van der Waals surface area (Å²) in [7, 11) is 0. The molecule has 1 aliphatic heterocycles. The van der Waals surface area contributed by atoms with E-state index in [4.69, 9.17) is 18.0 Å². The molecule has 0 bridgehead atoms. The van der Waals surface area contributed by atoms with E-state index in [-0.39, 0.29) is 0 Å². The van der Waals surface area contributed by atoms with Gasteiger partial charge in [-0.15, -0.1) is 0 Å². The van der Waals surface area contributed by atoms with E-state index in [1.165, 1.54) is 19.3 Å². The van der Waals surface area contributed by atoms with Crippen molar-refractivity contribution in [2.75, 3.05) is 25.0 Å². The molecule has 0 radical (unpaired) electrons. The Bertz CT molecular complexity index is 1080. The van der Waals surface area contributed by atoms with Crippen LogP contribution in [0, 0.1) is 20.8 Å². The minimum atomic E-state index is 0.532. The third-order valence-corrected chi connectivity index (χ3v) is 5.63. The molecular formula is C21H28N8S. The summed E-state index contributed by atoms with van der Waals surface area (Å²) < 4.78 is 2.03. The molecule has 4 rings (SSSR count). The second-order valence-electron chi connectivity index (χ2n) is 7.92. The van der Waals surface area contributed by atoms with Gasteiger partial charge in [0, 0.05) is 29.7 Å². The van der Waals surface area contributed by atoms with Gasteiger partial charge in [0.15, 0.2) is 11.5 Å². The van der Waals surface area contributed by atoms with Gasteiger partial charge in [0.25, 0.3) is 0 Å². The number of aromatic amines is 1. The first-order valence-electron chi connectivity index (χ1n) is 10.3. The summed E-state index contributed by atoms with van der Waals surface area (Å²) in [6, 6.07) is 0. The predicted octanol–water partition coefficient (Wildman–Crippen LogP) is 3.11. The number of imidazole rings is 1. The highest BCUT2D eigenvalue weighted by atomic mass is 32.1. The number of H-pyrrole nitrogens is 1. The Hall–Kier alpha value is -2.78. The van der Waals surface area contributed by atoms with Crippen LogP contribution >= 0.6 is 12.2 Å². The molecular weight excluding hydrogens is 396 g/mol. The van der Waals surface area contributed by atoms with Gasteiger partial charge in [-0.2, -0.15) is 5.10 Å². The number of nitrogens with two attached hydrogens (primary N) is 1. The highest BCUT2D eigenvalue weighted by molar-refractivity contribution is 7.81. The minimum Gasteiger partial charge on any atom is -0.401 e. The van der Waals surface area contributed by atoms with Crippen molar-refractivity contribution >= 4 is 28.7 Å². The van der Waals surface area contributed by atoms with Gasteiger partial charge in [-0.3, -0.25) is 14.4 Å². The van der Waals surface area contributed by atoms with Crippen molar-refractivity contribution in [2.24, 2.45) is 5.73 Å². The maximum absolute atomic E-state index is 6.24. The molecule has 0 spiro atoms. The average Bonchev–Trinajstić information content (AvgIpc) is 3.25. The number of fused-ring (bicyclic) bond motifs is 1. The molecule has 0 aromatic carbocycles. The molecule has 0 saturated carbocycles. The van der Waals surface area contributed by atoms with Crippen molar-refractivity contribution in [1.82, 2.24) is 29.5 Å². The maximum Gasteiger partial charge on any atom is 0.180 e. The smallest absolute Gasteiger partial charge is 0.180 e. The van der Waals surface area contributed by atoms with E-state index in [2.05, 4.69) is 30.4 Å². The zero-order valence-electron chi connectivity index (χ0n) is 17.7. The third kappa shape index (κ3) is 4.22. The lowest BCUT2D eigenvalue weighted by molar-refractivity contribution is 0.246. The van der Waals surface area contributed by atoms with E-state index in [1.807, 2.05) is 43.6 Å². The molecule has 9 heteroatoms. The first-order chi connectivity index (χ1) is 14.4. The summed E-state index contributed by atoms with van der Waals surface area (Å²) in [5.74, 6) is 0.618. The van der Waals surface area contributed by atoms with Crippen molar-refractivity contribution in [3.8, 4) is 11.3 Å². The lowest BCUT2D eigenvalue weighted by Gasteiger charge is -2.26. The van der Waals surface area contributed by atoms with Crippen molar-refractivity contribution in [3.05, 3.63) is 41.2 Å². The predicted molar refractivity (Wildman–Crippen MR) is 124 cm³/mol. The number of piperidine rings is 1. The van der Waals surface area contributed by atoms with Crippen molar-refractivity contribution in [2.45, 2.75) is 40.0 Å². The largest absolute Gasteiger partial charge is 0.401 e. The van der Waals surface area contributed by atoms with Crippen LogP contribution in [-0.2, 0) is 0 Å². The van der Waals surface area contributed by atoms with Gasteiger partial charge in [-0.1, -0.05) is 18.6 Å². The van der Waals surface area contributed by atoms with Gasteiger partial charge in [0.05, 0.1) is 23.3 Å². The fourth-order valence-electron chi connectivity index (χ4n) is 4.05. The van der Waals surface area contributed by atoms with E-state index >= 15 is 0 Å². The summed E-state index contributed by atoms with van der Waals surface area (Å²) in [6.45, 7) is 8.87. The Kier molecular flexibility index (Phi) is 5.83. The molecule has 8 nitrogen and oxygen atoms in total. The Balaban J connectivity index is 1.58. The van der Waals surface area contributed by atoms with Crippen LogP contribution in [-0.4, -0.2) is 54.1 Å². The SMILES string of the molecule is Cc1cn2c(-c3c(C)n[nH]c3C)cnc2c(NC(=S)/C=C(\N)CN2CCCCC2)n1. The molecule has 4 heterocycles. The van der Waals surface area contributed by atoms with Crippen LogP contribution in [0.15, 0.2) is 24.2 Å². The van der Waals surface area contributed by atoms with Crippen molar-refractivity contribution in [3.63, 3.8) is 0 Å². The van der Waals surface area contributed by atoms with Gasteiger partial charge in [0.1, 0.15) is 4.99 Å². The van der Waals surface area contributed by atoms with Crippen LogP contribution in [0.1, 0.15) is 36.3 Å². The first kappa shape index (κ1) is 20.5. The zero-order valence-corrected chi connectivity index (χ0v) is 18.5. The standard InChI is InChI=1S/C21H28N8S/c1-13-11-29-17(19-14(2)26-27-15(19)3)10-23-21(29)20(24-13)25-18(30)9-16(22)12-28-7-5-4-6-8-28/h9-11H,4-8,12,22H2,1-3H3,(H,26,27)(H,24,25,30)/b16-9-. The molecule has 158 valence electrons. The number of anilines is 1. The number of hydrogen-bond donors (Lipinski definition) is 3. The summed E-state index contributed by atoms with van der Waals surface area (Å²) in [5.41, 5.74) is 12.5. The molecule has 1 aliphatic rings. The Morgan fingerprint density at radius 2 is 2.03 bits per heavy atom. The van der Waals surface area contributed by atoms with Crippen molar-refractivity contribution in [1.29, 1.82) is 0 Å². The lowest BCUT2D eigenvalue weighted by Crippen LogP contribution is -2.33. The molecule has 3 aromatic rings. The Morgan fingerprint density at radius 3 is 2.73 bits per heavy atom. The van der Waals surface area contributed by atoms with Gasteiger partial charge < -0.3 is 11.1 Å². The number of rotatable bonds is 5. The minimum absolute atomic E-state index is 0.532. The van der Waals surface area contributed by atoms with Gasteiger partial charge in [-0.25, -0.2) is 9.97 Å². The molecule has 3 aromatic heterocycles. The zero-order chi connectivity index (χ0) is 21.3. The fourth-order valence-corrected chi connectivity index (χ4v) is 4.30. The van der Waals surface area contributed by atoms with Crippen molar-refractivity contribution < 1.29 is 0 Å². The number of nitrogens with one attached hydrogen (secondary N) is 2. The highest BCUT2D eigenvalue weighted by Crippen LogP contribution is 2.28. The quantitative estimate of drug-likeness (QED) is 0.427. The molecule has 4 N–H and O–H groups in total. The number of hydrogen-bond acceptors (Lipinski definition) is 6. The monoisotopic (exact) mass is 424 g/mol. The lowest BCUT2D eigenvalue weighted by atomic mass is 10.1. The molecule has 30 heavy (non-hydrogen) atoms. The summed E-state index contributed by atoms with van der Waals surface area (Å²) >= 11 is 5.54. The van der Waals surface area contributed by atoms with E-state index in [0.29, 0.717) is 16.5 Å². The van der Waals surface area contributed by atoms with Crippen LogP contribution in [0.3, 0.4) is 0 Å². The second kappa shape index (κ2) is 8.53. The van der Waals surface area contributed by atoms with Crippen LogP contribution < -0.4 is 11.1 Å². The van der Waals surface area contributed by atoms with Gasteiger partial charge in [0.2, 0.25) is 0 Å². The van der Waals surface area contributed by atoms with Crippen LogP contribution in [0.4, 0.5) is 5.82 Å². The number of nitrogens with zero attached hydrogens (tertiary/aromatic N) is 5. The third-order valence-electron chi connectivity index (χ3n) is 5.41. The summed E-state index contributed by atoms with van der Waals surface area (Å²) in [5, 5.41) is 10.6. The van der Waals surface area contributed by atoms with E-state index in [9.17, 15) is 0 Å². The topological polar surface area (TPSA) is 100 Å². The number of aryl methyl sites for hydroxylation is 3. The molecule has 0 unspecified atom stereocenters. The molecule has 1 saturated heterocycles. The summed E-state index contributed by atoms with van der Waals surface area (Å²) in [4.78, 5) is 12.1. The molecule has 0 aliphatic carbocycles. The van der Waals surface area contributed by atoms with E-state index in [0.717, 1.165) is 53.7 Å². The van der Waals surface area contributed by atoms with E-state index in [1.54, 1.807) is 0 Å². The van der Waals surface area contributed by atoms with Crippen LogP contribution in [0.2, 0.25) is 0 Å². The Morgan fingerprint density at radius 1 is 1.27 bits per heavy atom. The van der Waals surface area contributed by atoms with Crippen LogP contribution in [0.25, 0.3) is 16.9 Å². The van der Waals surface area contributed by atoms with Gasteiger partial charge >= 0.3 is 0 Å². The molecule has 0 atom stereocenters. The maximum atomic E-state index is 6.24. The van der Waals surface area contributed by atoms with Gasteiger partial charge in [-0.05, 0) is 52.8 Å². The molecule has 1 fully saturated rings. The van der Waals surface area contributed by atoms with Crippen LogP contribution in [0.5, 0.6) is 0 Å². The number of aromatic nitrogens is 5.